The van der Waals surface area contributed by atoms with Crippen LogP contribution < -0.4 is 15.8 Å². The predicted octanol–water partition coefficient (Wildman–Crippen LogP) is 1.28. The minimum atomic E-state index is -0.405. The fraction of sp³-hybridized carbons (Fsp3) is 0.571. The van der Waals surface area contributed by atoms with E-state index in [1.807, 2.05) is 0 Å². The Morgan fingerprint density at radius 1 is 1.41 bits per heavy atom. The molecule has 118 valence electrons. The summed E-state index contributed by atoms with van der Waals surface area (Å²) in [5.41, 5.74) is -0.148. The largest absolute Gasteiger partial charge is 0.351 e. The molecule has 0 unspecified atom stereocenters. The van der Waals surface area contributed by atoms with Crippen LogP contribution in [0.3, 0.4) is 0 Å². The van der Waals surface area contributed by atoms with Gasteiger partial charge in [0.15, 0.2) is 0 Å². The van der Waals surface area contributed by atoms with Crippen LogP contribution in [0.5, 0.6) is 0 Å². The number of aromatic nitrogens is 3. The lowest BCUT2D eigenvalue weighted by Gasteiger charge is -2.11. The van der Waals surface area contributed by atoms with Crippen LogP contribution in [0.4, 0.5) is 5.13 Å². The summed E-state index contributed by atoms with van der Waals surface area (Å²) < 4.78 is 1.49. The van der Waals surface area contributed by atoms with E-state index in [0.717, 1.165) is 43.9 Å². The number of rotatable bonds is 5. The first-order valence-electron chi connectivity index (χ1n) is 7.63. The van der Waals surface area contributed by atoms with Crippen molar-refractivity contribution in [1.29, 1.82) is 0 Å². The third-order valence-electron chi connectivity index (χ3n) is 3.67. The standard InChI is InChI=1S/C14H19N5O2S/c1-2-3-6-15-12(21)10-9-11(20)16-13-19(10)17-14(22-13)18-7-4-5-8-18/h9H,2-8H2,1H3,(H,15,21). The molecule has 0 saturated carbocycles. The van der Waals surface area contributed by atoms with Crippen LogP contribution in [0, 0.1) is 0 Å². The fourth-order valence-electron chi connectivity index (χ4n) is 2.47. The number of amides is 1. The van der Waals surface area contributed by atoms with Gasteiger partial charge < -0.3 is 10.2 Å². The van der Waals surface area contributed by atoms with Crippen LogP contribution in [0.25, 0.3) is 4.96 Å². The first-order chi connectivity index (χ1) is 10.7. The highest BCUT2D eigenvalue weighted by Crippen LogP contribution is 2.25. The molecule has 7 nitrogen and oxygen atoms in total. The van der Waals surface area contributed by atoms with Crippen LogP contribution in [0.1, 0.15) is 43.1 Å². The Kier molecular flexibility index (Phi) is 4.37. The van der Waals surface area contributed by atoms with Crippen molar-refractivity contribution in [2.45, 2.75) is 32.6 Å². The smallest absolute Gasteiger partial charge is 0.274 e. The van der Waals surface area contributed by atoms with Gasteiger partial charge in [-0.05, 0) is 19.3 Å². The highest BCUT2D eigenvalue weighted by Gasteiger charge is 2.20. The Balaban J connectivity index is 1.94. The van der Waals surface area contributed by atoms with Crippen molar-refractivity contribution in [1.82, 2.24) is 19.9 Å². The van der Waals surface area contributed by atoms with E-state index in [4.69, 9.17) is 0 Å². The first-order valence-corrected chi connectivity index (χ1v) is 8.45. The van der Waals surface area contributed by atoms with Gasteiger partial charge >= 0.3 is 0 Å². The van der Waals surface area contributed by atoms with Crippen molar-refractivity contribution < 1.29 is 4.79 Å². The molecule has 2 aromatic rings. The molecule has 22 heavy (non-hydrogen) atoms. The summed E-state index contributed by atoms with van der Waals surface area (Å²) in [7, 11) is 0. The minimum Gasteiger partial charge on any atom is -0.351 e. The van der Waals surface area contributed by atoms with E-state index < -0.39 is 5.56 Å². The average molecular weight is 321 g/mol. The van der Waals surface area contributed by atoms with Gasteiger partial charge in [0, 0.05) is 25.7 Å². The molecule has 3 heterocycles. The highest BCUT2D eigenvalue weighted by molar-refractivity contribution is 7.20. The third kappa shape index (κ3) is 2.96. The van der Waals surface area contributed by atoms with E-state index >= 15 is 0 Å². The molecule has 1 saturated heterocycles. The number of unbranched alkanes of at least 4 members (excludes halogenated alkanes) is 1. The molecule has 1 aliphatic heterocycles. The number of carbonyl (C=O) groups is 1. The molecule has 8 heteroatoms. The van der Waals surface area contributed by atoms with Gasteiger partial charge in [-0.25, -0.2) is 0 Å². The van der Waals surface area contributed by atoms with Gasteiger partial charge in [0.1, 0.15) is 5.69 Å². The topological polar surface area (TPSA) is 79.6 Å². The second-order valence-corrected chi connectivity index (χ2v) is 6.30. The molecule has 0 aliphatic carbocycles. The number of fused-ring (bicyclic) bond motifs is 1. The molecule has 0 atom stereocenters. The lowest BCUT2D eigenvalue weighted by Crippen LogP contribution is -2.28. The van der Waals surface area contributed by atoms with Crippen LogP contribution in [0.15, 0.2) is 10.9 Å². The van der Waals surface area contributed by atoms with E-state index in [-0.39, 0.29) is 11.6 Å². The zero-order valence-electron chi connectivity index (χ0n) is 12.5. The molecular weight excluding hydrogens is 302 g/mol. The molecule has 1 N–H and O–H groups in total. The van der Waals surface area contributed by atoms with Gasteiger partial charge in [-0.3, -0.25) is 9.59 Å². The second-order valence-electron chi connectivity index (χ2n) is 5.36. The zero-order chi connectivity index (χ0) is 15.5. The Bertz CT molecular complexity index is 732. The number of anilines is 1. The number of nitrogens with zero attached hydrogens (tertiary/aromatic N) is 4. The molecule has 1 fully saturated rings. The lowest BCUT2D eigenvalue weighted by molar-refractivity contribution is 0.0945. The van der Waals surface area contributed by atoms with Gasteiger partial charge in [0.25, 0.3) is 11.5 Å². The molecule has 0 bridgehead atoms. The van der Waals surface area contributed by atoms with E-state index in [2.05, 4.69) is 27.2 Å². The molecule has 0 aromatic carbocycles. The van der Waals surface area contributed by atoms with Crippen molar-refractivity contribution in [2.24, 2.45) is 0 Å². The van der Waals surface area contributed by atoms with E-state index in [9.17, 15) is 9.59 Å². The molecule has 0 spiro atoms. The Labute approximate surface area is 132 Å². The summed E-state index contributed by atoms with van der Waals surface area (Å²) in [5, 5.41) is 8.12. The van der Waals surface area contributed by atoms with Crippen molar-refractivity contribution in [3.05, 3.63) is 22.1 Å². The monoisotopic (exact) mass is 321 g/mol. The van der Waals surface area contributed by atoms with Crippen molar-refractivity contribution in [3.8, 4) is 0 Å². The van der Waals surface area contributed by atoms with Crippen LogP contribution in [-0.2, 0) is 0 Å². The van der Waals surface area contributed by atoms with Crippen molar-refractivity contribution >= 4 is 27.3 Å². The molecular formula is C14H19N5O2S. The van der Waals surface area contributed by atoms with E-state index in [1.165, 1.54) is 21.9 Å². The summed E-state index contributed by atoms with van der Waals surface area (Å²) >= 11 is 1.36. The number of carbonyl (C=O) groups excluding carboxylic acids is 1. The Morgan fingerprint density at radius 2 is 2.18 bits per heavy atom. The highest BCUT2D eigenvalue weighted by atomic mass is 32.1. The second kappa shape index (κ2) is 6.43. The number of hydrogen-bond acceptors (Lipinski definition) is 6. The van der Waals surface area contributed by atoms with Gasteiger partial charge in [0.2, 0.25) is 10.1 Å². The Morgan fingerprint density at radius 3 is 2.91 bits per heavy atom. The molecule has 3 rings (SSSR count). The fourth-order valence-corrected chi connectivity index (χ4v) is 3.43. The number of hydrogen-bond donors (Lipinski definition) is 1. The van der Waals surface area contributed by atoms with Crippen molar-refractivity contribution in [2.75, 3.05) is 24.5 Å². The zero-order valence-corrected chi connectivity index (χ0v) is 13.4. The first kappa shape index (κ1) is 15.0. The summed E-state index contributed by atoms with van der Waals surface area (Å²) in [4.78, 5) is 30.6. The SMILES string of the molecule is CCCCNC(=O)c1cc(=O)nc2sc(N3CCCC3)nn12. The summed E-state index contributed by atoms with van der Waals surface area (Å²) in [6, 6.07) is 1.25. The molecule has 0 radical (unpaired) electrons. The Hall–Kier alpha value is -1.96. The average Bonchev–Trinajstić information content (AvgIpc) is 3.15. The van der Waals surface area contributed by atoms with Gasteiger partial charge in [-0.1, -0.05) is 24.7 Å². The van der Waals surface area contributed by atoms with E-state index in [1.54, 1.807) is 0 Å². The van der Waals surface area contributed by atoms with Crippen LogP contribution >= 0.6 is 11.3 Å². The number of nitrogens with one attached hydrogen (secondary N) is 1. The summed E-state index contributed by atoms with van der Waals surface area (Å²) in [5.74, 6) is -0.277. The van der Waals surface area contributed by atoms with Crippen LogP contribution in [0.2, 0.25) is 0 Å². The normalized spacial score (nSPS) is 14.7. The van der Waals surface area contributed by atoms with Gasteiger partial charge in [0.05, 0.1) is 0 Å². The summed E-state index contributed by atoms with van der Waals surface area (Å²) in [6.07, 6.45) is 4.20. The van der Waals surface area contributed by atoms with Gasteiger partial charge in [-0.15, -0.1) is 5.10 Å². The minimum absolute atomic E-state index is 0.257. The molecule has 1 amide bonds. The predicted molar refractivity (Wildman–Crippen MR) is 85.8 cm³/mol. The molecule has 2 aromatic heterocycles. The summed E-state index contributed by atoms with van der Waals surface area (Å²) in [6.45, 7) is 4.58. The maximum Gasteiger partial charge on any atom is 0.274 e. The van der Waals surface area contributed by atoms with E-state index in [0.29, 0.717) is 11.5 Å². The van der Waals surface area contributed by atoms with Crippen molar-refractivity contribution in [3.63, 3.8) is 0 Å². The maximum absolute atomic E-state index is 12.3. The molecule has 1 aliphatic rings. The lowest BCUT2D eigenvalue weighted by atomic mass is 10.3. The van der Waals surface area contributed by atoms with Gasteiger partial charge in [-0.2, -0.15) is 9.50 Å². The maximum atomic E-state index is 12.3. The van der Waals surface area contributed by atoms with Crippen LogP contribution in [-0.4, -0.2) is 40.1 Å². The quantitative estimate of drug-likeness (QED) is 0.839. The third-order valence-corrected chi connectivity index (χ3v) is 4.64.